The summed E-state index contributed by atoms with van der Waals surface area (Å²) in [7, 11) is 0. The van der Waals surface area contributed by atoms with Crippen LogP contribution < -0.4 is 5.32 Å². The summed E-state index contributed by atoms with van der Waals surface area (Å²) in [5.74, 6) is -0.0517. The number of carbonyl (C=O) groups is 2. The van der Waals surface area contributed by atoms with Crippen LogP contribution in [0.25, 0.3) is 0 Å². The van der Waals surface area contributed by atoms with E-state index in [1.807, 2.05) is 6.08 Å². The molecule has 0 saturated carbocycles. The number of hydrogen-bond acceptors (Lipinski definition) is 5. The molecule has 2 unspecified atom stereocenters. The average Bonchev–Trinajstić information content (AvgIpc) is 3.33. The molecular formula is C61H119NO5. The summed E-state index contributed by atoms with van der Waals surface area (Å²) in [5, 5.41) is 22.9. The highest BCUT2D eigenvalue weighted by molar-refractivity contribution is 5.76. The predicted molar refractivity (Wildman–Crippen MR) is 292 cm³/mol. The lowest BCUT2D eigenvalue weighted by molar-refractivity contribution is -0.143. The van der Waals surface area contributed by atoms with Crippen molar-refractivity contribution >= 4 is 11.9 Å². The topological polar surface area (TPSA) is 95.9 Å². The molecule has 0 saturated heterocycles. The molecule has 0 fully saturated rings. The first-order chi connectivity index (χ1) is 33.0. The second-order valence-electron chi connectivity index (χ2n) is 21.0. The molecule has 6 nitrogen and oxygen atoms in total. The third-order valence-electron chi connectivity index (χ3n) is 14.3. The monoisotopic (exact) mass is 946 g/mol. The molecule has 0 bridgehead atoms. The lowest BCUT2D eigenvalue weighted by atomic mass is 10.0. The standard InChI is InChI=1S/C61H119NO5/c1-3-5-7-9-11-13-14-15-16-17-22-26-29-32-35-39-43-47-51-55-61(66)67-56-52-48-44-40-36-33-30-27-24-21-19-18-20-23-25-28-31-34-38-42-46-50-54-60(65)62-58(57-63)59(64)53-49-45-41-37-12-10-8-6-4-2/h49,53,58-59,63-64H,3-48,50-52,54-57H2,1-2H3,(H,62,65)/b53-49+. The zero-order chi connectivity index (χ0) is 48.6. The quantitative estimate of drug-likeness (QED) is 0.0321. The van der Waals surface area contributed by atoms with E-state index < -0.39 is 12.1 Å². The van der Waals surface area contributed by atoms with Gasteiger partial charge in [0.25, 0.3) is 0 Å². The maximum absolute atomic E-state index is 12.4. The number of nitrogens with one attached hydrogen (secondary N) is 1. The van der Waals surface area contributed by atoms with E-state index in [0.717, 1.165) is 38.5 Å². The lowest BCUT2D eigenvalue weighted by Gasteiger charge is -2.20. The number of allylic oxidation sites excluding steroid dienone is 1. The van der Waals surface area contributed by atoms with Crippen molar-refractivity contribution in [2.75, 3.05) is 13.2 Å². The van der Waals surface area contributed by atoms with Crippen LogP contribution in [-0.2, 0) is 14.3 Å². The number of aliphatic hydroxyl groups excluding tert-OH is 2. The van der Waals surface area contributed by atoms with Crippen molar-refractivity contribution in [1.82, 2.24) is 5.32 Å². The Morgan fingerprint density at radius 2 is 0.687 bits per heavy atom. The van der Waals surface area contributed by atoms with E-state index in [2.05, 4.69) is 19.2 Å². The fourth-order valence-electron chi connectivity index (χ4n) is 9.64. The molecular weight excluding hydrogens is 827 g/mol. The molecule has 398 valence electrons. The van der Waals surface area contributed by atoms with Crippen LogP contribution in [0.2, 0.25) is 0 Å². The van der Waals surface area contributed by atoms with Crippen molar-refractivity contribution in [2.24, 2.45) is 0 Å². The van der Waals surface area contributed by atoms with Gasteiger partial charge in [-0.05, 0) is 32.1 Å². The van der Waals surface area contributed by atoms with Crippen molar-refractivity contribution in [2.45, 2.75) is 353 Å². The van der Waals surface area contributed by atoms with Crippen LogP contribution in [0.3, 0.4) is 0 Å². The fourth-order valence-corrected chi connectivity index (χ4v) is 9.64. The van der Waals surface area contributed by atoms with Crippen LogP contribution in [0.4, 0.5) is 0 Å². The molecule has 2 atom stereocenters. The normalized spacial score (nSPS) is 12.6. The third-order valence-corrected chi connectivity index (χ3v) is 14.3. The Balaban J connectivity index is 3.32. The minimum absolute atomic E-state index is 0.0178. The van der Waals surface area contributed by atoms with Gasteiger partial charge in [-0.1, -0.05) is 309 Å². The van der Waals surface area contributed by atoms with Crippen LogP contribution in [0.1, 0.15) is 341 Å². The number of carbonyl (C=O) groups excluding carboxylic acids is 2. The van der Waals surface area contributed by atoms with Crippen LogP contribution in [0.15, 0.2) is 12.2 Å². The Morgan fingerprint density at radius 1 is 0.403 bits per heavy atom. The minimum Gasteiger partial charge on any atom is -0.466 e. The number of hydrogen-bond donors (Lipinski definition) is 3. The van der Waals surface area contributed by atoms with Gasteiger partial charge in [-0.2, -0.15) is 0 Å². The second-order valence-corrected chi connectivity index (χ2v) is 21.0. The fraction of sp³-hybridized carbons (Fsp3) is 0.934. The van der Waals surface area contributed by atoms with Crippen molar-refractivity contribution < 1.29 is 24.5 Å². The van der Waals surface area contributed by atoms with Crippen molar-refractivity contribution in [3.8, 4) is 0 Å². The molecule has 0 spiro atoms. The van der Waals surface area contributed by atoms with Gasteiger partial charge in [0.05, 0.1) is 25.4 Å². The van der Waals surface area contributed by atoms with Gasteiger partial charge in [-0.15, -0.1) is 0 Å². The Kier molecular flexibility index (Phi) is 56.0. The number of unbranched alkanes of at least 4 members (excludes halogenated alkanes) is 46. The number of ether oxygens (including phenoxy) is 1. The average molecular weight is 947 g/mol. The zero-order valence-electron chi connectivity index (χ0n) is 45.4. The maximum atomic E-state index is 12.4. The first kappa shape index (κ1) is 65.6. The molecule has 6 heteroatoms. The number of esters is 1. The van der Waals surface area contributed by atoms with Crippen LogP contribution >= 0.6 is 0 Å². The first-order valence-electron chi connectivity index (χ1n) is 30.5. The molecule has 0 aromatic carbocycles. The smallest absolute Gasteiger partial charge is 0.305 e. The molecule has 1 amide bonds. The summed E-state index contributed by atoms with van der Waals surface area (Å²) in [6, 6.07) is -0.625. The Labute approximate surface area is 419 Å². The molecule has 0 aromatic heterocycles. The molecule has 0 rings (SSSR count). The molecule has 0 aliphatic heterocycles. The van der Waals surface area contributed by atoms with Gasteiger partial charge in [0.2, 0.25) is 5.91 Å². The SMILES string of the molecule is CCCCCCCCC/C=C/C(O)C(CO)NC(=O)CCCCCCCCCCCCCCCCCCCCCCCCOC(=O)CCCCCCCCCCCCCCCCCCCCC. The maximum Gasteiger partial charge on any atom is 0.305 e. The number of aliphatic hydroxyl groups is 2. The largest absolute Gasteiger partial charge is 0.466 e. The summed E-state index contributed by atoms with van der Waals surface area (Å²) in [4.78, 5) is 24.5. The second kappa shape index (κ2) is 57.2. The van der Waals surface area contributed by atoms with Crippen molar-refractivity contribution in [1.29, 1.82) is 0 Å². The van der Waals surface area contributed by atoms with Gasteiger partial charge in [0, 0.05) is 12.8 Å². The number of rotatable bonds is 57. The van der Waals surface area contributed by atoms with Crippen LogP contribution in [0, 0.1) is 0 Å². The van der Waals surface area contributed by atoms with E-state index in [1.165, 1.54) is 276 Å². The van der Waals surface area contributed by atoms with E-state index >= 15 is 0 Å². The van der Waals surface area contributed by atoms with Gasteiger partial charge < -0.3 is 20.3 Å². The lowest BCUT2D eigenvalue weighted by Crippen LogP contribution is -2.45. The molecule has 0 aliphatic carbocycles. The molecule has 0 radical (unpaired) electrons. The van der Waals surface area contributed by atoms with Gasteiger partial charge in [-0.3, -0.25) is 9.59 Å². The van der Waals surface area contributed by atoms with Gasteiger partial charge in [-0.25, -0.2) is 0 Å². The highest BCUT2D eigenvalue weighted by atomic mass is 16.5. The Bertz CT molecular complexity index is 1000. The first-order valence-corrected chi connectivity index (χ1v) is 30.5. The summed E-state index contributed by atoms with van der Waals surface area (Å²) in [6.07, 6.45) is 68.4. The van der Waals surface area contributed by atoms with Gasteiger partial charge in [0.15, 0.2) is 0 Å². The van der Waals surface area contributed by atoms with Crippen LogP contribution in [-0.4, -0.2) is 47.4 Å². The third kappa shape index (κ3) is 53.8. The van der Waals surface area contributed by atoms with Crippen LogP contribution in [0.5, 0.6) is 0 Å². The van der Waals surface area contributed by atoms with Gasteiger partial charge in [0.1, 0.15) is 0 Å². The summed E-state index contributed by atoms with van der Waals surface area (Å²) in [5.41, 5.74) is 0. The molecule has 67 heavy (non-hydrogen) atoms. The molecule has 3 N–H and O–H groups in total. The summed E-state index contributed by atoms with van der Waals surface area (Å²) < 4.78 is 5.50. The zero-order valence-corrected chi connectivity index (χ0v) is 45.4. The predicted octanol–water partition coefficient (Wildman–Crippen LogP) is 18.9. The summed E-state index contributed by atoms with van der Waals surface area (Å²) >= 11 is 0. The van der Waals surface area contributed by atoms with E-state index in [4.69, 9.17) is 4.74 Å². The van der Waals surface area contributed by atoms with Crippen molar-refractivity contribution in [3.05, 3.63) is 12.2 Å². The Morgan fingerprint density at radius 3 is 1.01 bits per heavy atom. The molecule has 0 aromatic rings. The molecule has 0 aliphatic rings. The van der Waals surface area contributed by atoms with E-state index in [0.29, 0.717) is 19.4 Å². The minimum atomic E-state index is -0.841. The van der Waals surface area contributed by atoms with E-state index in [-0.39, 0.29) is 18.5 Å². The molecule has 0 heterocycles. The van der Waals surface area contributed by atoms with Crippen molar-refractivity contribution in [3.63, 3.8) is 0 Å². The van der Waals surface area contributed by atoms with E-state index in [1.54, 1.807) is 6.08 Å². The van der Waals surface area contributed by atoms with Gasteiger partial charge >= 0.3 is 5.97 Å². The summed E-state index contributed by atoms with van der Waals surface area (Å²) in [6.45, 7) is 4.90. The Hall–Kier alpha value is -1.40. The van der Waals surface area contributed by atoms with E-state index in [9.17, 15) is 19.8 Å². The highest BCUT2D eigenvalue weighted by Gasteiger charge is 2.18. The number of amides is 1. The highest BCUT2D eigenvalue weighted by Crippen LogP contribution is 2.18.